The molecule has 2 amide bonds. The van der Waals surface area contributed by atoms with E-state index in [1.807, 2.05) is 0 Å². The van der Waals surface area contributed by atoms with E-state index in [4.69, 9.17) is 11.6 Å². The van der Waals surface area contributed by atoms with Crippen LogP contribution in [0.1, 0.15) is 23.7 Å². The van der Waals surface area contributed by atoms with Gasteiger partial charge in [-0.15, -0.1) is 0 Å². The highest BCUT2D eigenvalue weighted by Crippen LogP contribution is 2.24. The molecule has 0 radical (unpaired) electrons. The Bertz CT molecular complexity index is 533. The van der Waals surface area contributed by atoms with Gasteiger partial charge in [0.25, 0.3) is 11.6 Å². The summed E-state index contributed by atoms with van der Waals surface area (Å²) in [4.78, 5) is 33.0. The summed E-state index contributed by atoms with van der Waals surface area (Å²) in [5.74, 6) is -0.663. The molecule has 0 unspecified atom stereocenters. The molecule has 0 fully saturated rings. The monoisotopic (exact) mass is 299 g/mol. The molecule has 8 heteroatoms. The average Bonchev–Trinajstić information content (AvgIpc) is 2.39. The molecule has 0 atom stereocenters. The van der Waals surface area contributed by atoms with E-state index in [1.165, 1.54) is 12.1 Å². The van der Waals surface area contributed by atoms with Crippen LogP contribution in [0.3, 0.4) is 0 Å². The predicted octanol–water partition coefficient (Wildman–Crippen LogP) is 1.50. The minimum Gasteiger partial charge on any atom is -0.356 e. The number of rotatable bonds is 6. The third-order valence-corrected chi connectivity index (χ3v) is 2.74. The molecule has 108 valence electrons. The zero-order valence-corrected chi connectivity index (χ0v) is 11.6. The summed E-state index contributed by atoms with van der Waals surface area (Å²) in [6.45, 7) is 2.47. The summed E-state index contributed by atoms with van der Waals surface area (Å²) in [6.07, 6.45) is 0.148. The molecule has 7 nitrogen and oxygen atoms in total. The number of nitro groups is 1. The summed E-state index contributed by atoms with van der Waals surface area (Å²) in [6, 6.07) is 3.78. The van der Waals surface area contributed by atoms with Gasteiger partial charge in [0, 0.05) is 31.1 Å². The molecule has 1 rings (SSSR count). The number of nitrogens with zero attached hydrogens (tertiary/aromatic N) is 1. The second-order valence-corrected chi connectivity index (χ2v) is 4.29. The fourth-order valence-electron chi connectivity index (χ4n) is 1.47. The first-order valence-corrected chi connectivity index (χ1v) is 6.32. The number of hydrogen-bond acceptors (Lipinski definition) is 4. The van der Waals surface area contributed by atoms with Crippen LogP contribution in [0.2, 0.25) is 5.02 Å². The topological polar surface area (TPSA) is 101 Å². The van der Waals surface area contributed by atoms with Crippen LogP contribution in [0, 0.1) is 10.1 Å². The average molecular weight is 300 g/mol. The van der Waals surface area contributed by atoms with Gasteiger partial charge in [-0.2, -0.15) is 0 Å². The van der Waals surface area contributed by atoms with Crippen molar-refractivity contribution in [2.24, 2.45) is 0 Å². The van der Waals surface area contributed by atoms with E-state index in [2.05, 4.69) is 10.6 Å². The second kappa shape index (κ2) is 7.44. The predicted molar refractivity (Wildman–Crippen MR) is 73.7 cm³/mol. The molecule has 0 aliphatic heterocycles. The van der Waals surface area contributed by atoms with E-state index in [0.717, 1.165) is 6.07 Å². The van der Waals surface area contributed by atoms with Crippen LogP contribution in [0.4, 0.5) is 5.69 Å². The van der Waals surface area contributed by atoms with Crippen LogP contribution in [0.15, 0.2) is 18.2 Å². The minimum absolute atomic E-state index is 0.0335. The van der Waals surface area contributed by atoms with Gasteiger partial charge in [-0.1, -0.05) is 11.6 Å². The first kappa shape index (κ1) is 15.9. The van der Waals surface area contributed by atoms with Crippen molar-refractivity contribution in [3.8, 4) is 0 Å². The van der Waals surface area contributed by atoms with E-state index in [9.17, 15) is 19.7 Å². The Labute approximate surface area is 120 Å². The maximum atomic E-state index is 11.8. The number of nitrogens with one attached hydrogen (secondary N) is 2. The van der Waals surface area contributed by atoms with Crippen molar-refractivity contribution in [2.75, 3.05) is 13.1 Å². The van der Waals surface area contributed by atoms with Gasteiger partial charge in [0.15, 0.2) is 0 Å². The summed E-state index contributed by atoms with van der Waals surface area (Å²) in [5.41, 5.74) is -0.208. The molecule has 1 aromatic carbocycles. The number of amides is 2. The van der Waals surface area contributed by atoms with Crippen molar-refractivity contribution in [3.63, 3.8) is 0 Å². The van der Waals surface area contributed by atoms with Gasteiger partial charge in [-0.25, -0.2) is 0 Å². The van der Waals surface area contributed by atoms with Gasteiger partial charge in [0.05, 0.1) is 4.92 Å². The summed E-state index contributed by atoms with van der Waals surface area (Å²) in [5, 5.41) is 15.8. The summed E-state index contributed by atoms with van der Waals surface area (Å²) >= 11 is 5.65. The van der Waals surface area contributed by atoms with Crippen molar-refractivity contribution in [1.29, 1.82) is 0 Å². The highest BCUT2D eigenvalue weighted by Gasteiger charge is 2.16. The molecule has 0 aromatic heterocycles. The van der Waals surface area contributed by atoms with Crippen LogP contribution in [-0.4, -0.2) is 29.8 Å². The number of hydrogen-bond donors (Lipinski definition) is 2. The number of carbonyl (C=O) groups excluding carboxylic acids is 2. The number of carbonyl (C=O) groups is 2. The number of nitro benzene ring substituents is 1. The van der Waals surface area contributed by atoms with Crippen LogP contribution in [0.25, 0.3) is 0 Å². The Balaban J connectivity index is 2.62. The van der Waals surface area contributed by atoms with Crippen molar-refractivity contribution >= 4 is 29.1 Å². The van der Waals surface area contributed by atoms with Gasteiger partial charge in [0.2, 0.25) is 5.91 Å². The normalized spacial score (nSPS) is 9.90. The molecule has 20 heavy (non-hydrogen) atoms. The Hall–Kier alpha value is -2.15. The molecule has 2 N–H and O–H groups in total. The van der Waals surface area contributed by atoms with Gasteiger partial charge in [-0.3, -0.25) is 19.7 Å². The zero-order chi connectivity index (χ0) is 15.1. The van der Waals surface area contributed by atoms with Gasteiger partial charge < -0.3 is 10.6 Å². The Morgan fingerprint density at radius 1 is 1.35 bits per heavy atom. The maximum absolute atomic E-state index is 11.8. The standard InChI is InChI=1S/C12H14ClN3O4/c1-2-14-11(17)5-6-15-12(18)8-3-4-9(13)10(7-8)16(19)20/h3-4,7H,2,5-6H2,1H3,(H,14,17)(H,15,18). The van der Waals surface area contributed by atoms with Gasteiger partial charge in [0.1, 0.15) is 5.02 Å². The van der Waals surface area contributed by atoms with Gasteiger partial charge >= 0.3 is 0 Å². The molecule has 0 aliphatic carbocycles. The first-order chi connectivity index (χ1) is 9.45. The largest absolute Gasteiger partial charge is 0.356 e. The van der Waals surface area contributed by atoms with Crippen LogP contribution in [0.5, 0.6) is 0 Å². The highest BCUT2D eigenvalue weighted by molar-refractivity contribution is 6.32. The van der Waals surface area contributed by atoms with E-state index in [1.54, 1.807) is 6.92 Å². The lowest BCUT2D eigenvalue weighted by molar-refractivity contribution is -0.384. The van der Waals surface area contributed by atoms with Gasteiger partial charge in [-0.05, 0) is 19.1 Å². The first-order valence-electron chi connectivity index (χ1n) is 5.94. The molecule has 0 saturated carbocycles. The zero-order valence-electron chi connectivity index (χ0n) is 10.8. The second-order valence-electron chi connectivity index (χ2n) is 3.88. The summed E-state index contributed by atoms with van der Waals surface area (Å²) < 4.78 is 0. The highest BCUT2D eigenvalue weighted by atomic mass is 35.5. The van der Waals surface area contributed by atoms with Crippen LogP contribution in [-0.2, 0) is 4.79 Å². The number of benzene rings is 1. The van der Waals surface area contributed by atoms with E-state index < -0.39 is 10.8 Å². The number of halogens is 1. The molecule has 0 aliphatic rings. The molecule has 0 spiro atoms. The molecule has 0 saturated heterocycles. The fraction of sp³-hybridized carbons (Fsp3) is 0.333. The summed E-state index contributed by atoms with van der Waals surface area (Å²) in [7, 11) is 0. The van der Waals surface area contributed by atoms with Crippen LogP contribution < -0.4 is 10.6 Å². The third-order valence-electron chi connectivity index (χ3n) is 2.42. The third kappa shape index (κ3) is 4.51. The fourth-order valence-corrected chi connectivity index (χ4v) is 1.66. The minimum atomic E-state index is -0.659. The smallest absolute Gasteiger partial charge is 0.288 e. The van der Waals surface area contributed by atoms with Crippen molar-refractivity contribution in [3.05, 3.63) is 38.9 Å². The van der Waals surface area contributed by atoms with Crippen molar-refractivity contribution in [2.45, 2.75) is 13.3 Å². The van der Waals surface area contributed by atoms with Crippen LogP contribution >= 0.6 is 11.6 Å². The van der Waals surface area contributed by atoms with E-state index in [-0.39, 0.29) is 35.1 Å². The lowest BCUT2D eigenvalue weighted by Gasteiger charge is -2.05. The Kier molecular flexibility index (Phi) is 5.92. The molecule has 1 aromatic rings. The van der Waals surface area contributed by atoms with E-state index in [0.29, 0.717) is 6.54 Å². The SMILES string of the molecule is CCNC(=O)CCNC(=O)c1ccc(Cl)c([N+](=O)[O-])c1. The maximum Gasteiger partial charge on any atom is 0.288 e. The Morgan fingerprint density at radius 2 is 2.05 bits per heavy atom. The lowest BCUT2D eigenvalue weighted by Crippen LogP contribution is -2.30. The molecule has 0 heterocycles. The van der Waals surface area contributed by atoms with Crippen molar-refractivity contribution < 1.29 is 14.5 Å². The Morgan fingerprint density at radius 3 is 2.65 bits per heavy atom. The molecular weight excluding hydrogens is 286 g/mol. The van der Waals surface area contributed by atoms with E-state index >= 15 is 0 Å². The molecular formula is C12H14ClN3O4. The molecule has 0 bridgehead atoms. The van der Waals surface area contributed by atoms with Crippen molar-refractivity contribution in [1.82, 2.24) is 10.6 Å². The lowest BCUT2D eigenvalue weighted by atomic mass is 10.2. The quantitative estimate of drug-likeness (QED) is 0.614.